The molecule has 0 aliphatic rings. The Labute approximate surface area is 64.7 Å². The molecule has 0 aliphatic carbocycles. The molecule has 1 aromatic rings. The lowest BCUT2D eigenvalue weighted by Crippen LogP contribution is -2.07. The molecule has 0 fully saturated rings. The summed E-state index contributed by atoms with van der Waals surface area (Å²) in [6.45, 7) is 0. The second-order valence-electron chi connectivity index (χ2n) is 1.88. The van der Waals surface area contributed by atoms with E-state index in [0.29, 0.717) is 5.82 Å². The Hall–Kier alpha value is -0.830. The summed E-state index contributed by atoms with van der Waals surface area (Å²) in [7, 11) is 5.42. The molecule has 0 amide bonds. The smallest absolute Gasteiger partial charge is 0.224 e. The van der Waals surface area contributed by atoms with Crippen LogP contribution < -0.4 is 4.90 Å². The van der Waals surface area contributed by atoms with Crippen LogP contribution in [0.1, 0.15) is 0 Å². The monoisotopic (exact) mass is 156 g/mol. The van der Waals surface area contributed by atoms with Crippen molar-refractivity contribution in [2.24, 2.45) is 0 Å². The fourth-order valence-electron chi connectivity index (χ4n) is 0.539. The first-order chi connectivity index (χ1) is 4.70. The van der Waals surface area contributed by atoms with Gasteiger partial charge in [-0.15, -0.1) is 0 Å². The van der Waals surface area contributed by atoms with Crippen LogP contribution in [0.5, 0.6) is 0 Å². The summed E-state index contributed by atoms with van der Waals surface area (Å²) in [4.78, 5) is 9.23. The van der Waals surface area contributed by atoms with Crippen LogP contribution in [0, 0.1) is 7.05 Å². The van der Waals surface area contributed by atoms with Gasteiger partial charge >= 0.3 is 0 Å². The minimum absolute atomic E-state index is 0.244. The van der Waals surface area contributed by atoms with Gasteiger partial charge in [-0.2, -0.15) is 0 Å². The first-order valence-corrected chi connectivity index (χ1v) is 3.11. The van der Waals surface area contributed by atoms with Crippen molar-refractivity contribution in [3.63, 3.8) is 0 Å². The Morgan fingerprint density at radius 2 is 2.40 bits per heavy atom. The van der Waals surface area contributed by atoms with Crippen molar-refractivity contribution in [1.82, 2.24) is 9.97 Å². The molecule has 1 aromatic heterocycles. The first-order valence-electron chi connectivity index (χ1n) is 2.73. The SMILES string of the molecule is [CH2]N(C)c1ccnc(Cl)n1. The minimum Gasteiger partial charge on any atom is -0.358 e. The molecular formula is C6H7ClN3. The van der Waals surface area contributed by atoms with Crippen LogP contribution in [0.25, 0.3) is 0 Å². The summed E-state index contributed by atoms with van der Waals surface area (Å²) in [5.74, 6) is 0.708. The predicted molar refractivity (Wildman–Crippen MR) is 40.8 cm³/mol. The van der Waals surface area contributed by atoms with E-state index in [4.69, 9.17) is 11.6 Å². The number of halogens is 1. The van der Waals surface area contributed by atoms with Gasteiger partial charge in [-0.25, -0.2) is 9.97 Å². The first kappa shape index (κ1) is 7.28. The topological polar surface area (TPSA) is 29.0 Å². The van der Waals surface area contributed by atoms with Crippen LogP contribution in [-0.2, 0) is 0 Å². The van der Waals surface area contributed by atoms with Gasteiger partial charge in [-0.05, 0) is 17.7 Å². The Kier molecular flexibility index (Phi) is 2.06. The van der Waals surface area contributed by atoms with E-state index < -0.39 is 0 Å². The van der Waals surface area contributed by atoms with Crippen molar-refractivity contribution in [2.45, 2.75) is 0 Å². The van der Waals surface area contributed by atoms with Crippen molar-refractivity contribution < 1.29 is 0 Å². The standard InChI is InChI=1S/C6H7ClN3/c1-10(2)5-3-4-8-6(7)9-5/h3-4H,1H2,2H3. The summed E-state index contributed by atoms with van der Waals surface area (Å²) in [6.07, 6.45) is 1.59. The highest BCUT2D eigenvalue weighted by Gasteiger charge is 1.96. The van der Waals surface area contributed by atoms with Crippen molar-refractivity contribution in [1.29, 1.82) is 0 Å². The summed E-state index contributed by atoms with van der Waals surface area (Å²) in [5, 5.41) is 0.244. The van der Waals surface area contributed by atoms with Crippen molar-refractivity contribution in [3.05, 3.63) is 24.6 Å². The molecule has 0 unspecified atom stereocenters. The second-order valence-corrected chi connectivity index (χ2v) is 2.22. The Balaban J connectivity index is 2.96. The summed E-state index contributed by atoms with van der Waals surface area (Å²) in [5.41, 5.74) is 0. The summed E-state index contributed by atoms with van der Waals surface area (Å²) < 4.78 is 0. The Bertz CT molecular complexity index is 224. The van der Waals surface area contributed by atoms with Gasteiger partial charge in [-0.1, -0.05) is 0 Å². The zero-order valence-corrected chi connectivity index (χ0v) is 6.34. The Morgan fingerprint density at radius 3 is 2.80 bits per heavy atom. The summed E-state index contributed by atoms with van der Waals surface area (Å²) >= 11 is 5.51. The normalized spacial score (nSPS) is 9.50. The highest BCUT2D eigenvalue weighted by atomic mass is 35.5. The van der Waals surface area contributed by atoms with E-state index in [1.807, 2.05) is 0 Å². The predicted octanol–water partition coefficient (Wildman–Crippen LogP) is 1.36. The van der Waals surface area contributed by atoms with E-state index in [0.717, 1.165) is 0 Å². The molecule has 3 nitrogen and oxygen atoms in total. The second kappa shape index (κ2) is 2.84. The number of nitrogens with zero attached hydrogens (tertiary/aromatic N) is 3. The fraction of sp³-hybridized carbons (Fsp3) is 0.167. The molecule has 0 aromatic carbocycles. The van der Waals surface area contributed by atoms with Crippen molar-refractivity contribution >= 4 is 17.4 Å². The molecule has 0 saturated heterocycles. The van der Waals surface area contributed by atoms with Crippen LogP contribution >= 0.6 is 11.6 Å². The highest BCUT2D eigenvalue weighted by molar-refractivity contribution is 6.28. The maximum atomic E-state index is 5.51. The lowest BCUT2D eigenvalue weighted by atomic mass is 10.5. The van der Waals surface area contributed by atoms with Gasteiger partial charge in [0.25, 0.3) is 0 Å². The fourth-order valence-corrected chi connectivity index (χ4v) is 0.682. The maximum Gasteiger partial charge on any atom is 0.224 e. The molecule has 10 heavy (non-hydrogen) atoms. The lowest BCUT2D eigenvalue weighted by Gasteiger charge is -2.08. The largest absolute Gasteiger partial charge is 0.358 e. The van der Waals surface area contributed by atoms with Crippen LogP contribution in [0.2, 0.25) is 5.28 Å². The van der Waals surface area contributed by atoms with E-state index in [1.54, 1.807) is 24.2 Å². The molecule has 53 valence electrons. The molecule has 1 rings (SSSR count). The van der Waals surface area contributed by atoms with Gasteiger partial charge < -0.3 is 4.90 Å². The van der Waals surface area contributed by atoms with E-state index in [-0.39, 0.29) is 5.28 Å². The molecule has 4 heteroatoms. The van der Waals surface area contributed by atoms with Crippen molar-refractivity contribution in [2.75, 3.05) is 11.9 Å². The molecule has 0 N–H and O–H groups in total. The molecular weight excluding hydrogens is 150 g/mol. The molecule has 0 bridgehead atoms. The highest BCUT2D eigenvalue weighted by Crippen LogP contribution is 2.08. The third-order valence-corrected chi connectivity index (χ3v) is 1.18. The van der Waals surface area contributed by atoms with Crippen LogP contribution in [0.4, 0.5) is 5.82 Å². The number of aromatic nitrogens is 2. The zero-order chi connectivity index (χ0) is 7.56. The van der Waals surface area contributed by atoms with Gasteiger partial charge in [0.2, 0.25) is 5.28 Å². The quantitative estimate of drug-likeness (QED) is 0.575. The van der Waals surface area contributed by atoms with Crippen LogP contribution in [-0.4, -0.2) is 17.0 Å². The minimum atomic E-state index is 0.244. The van der Waals surface area contributed by atoms with Crippen LogP contribution in [0.3, 0.4) is 0 Å². The van der Waals surface area contributed by atoms with E-state index >= 15 is 0 Å². The molecule has 1 heterocycles. The third-order valence-electron chi connectivity index (χ3n) is 1.00. The van der Waals surface area contributed by atoms with Gasteiger partial charge in [0.15, 0.2) is 0 Å². The average Bonchev–Trinajstić information content (AvgIpc) is 1.88. The molecule has 0 spiro atoms. The number of anilines is 1. The molecule has 0 atom stereocenters. The van der Waals surface area contributed by atoms with Gasteiger partial charge in [0.05, 0.1) is 0 Å². The molecule has 0 saturated carbocycles. The van der Waals surface area contributed by atoms with Gasteiger partial charge in [-0.3, -0.25) is 0 Å². The van der Waals surface area contributed by atoms with E-state index in [9.17, 15) is 0 Å². The number of hydrogen-bond donors (Lipinski definition) is 0. The number of rotatable bonds is 1. The van der Waals surface area contributed by atoms with Gasteiger partial charge in [0.1, 0.15) is 5.82 Å². The Morgan fingerprint density at radius 1 is 1.70 bits per heavy atom. The molecule has 0 aliphatic heterocycles. The summed E-state index contributed by atoms with van der Waals surface area (Å²) in [6, 6.07) is 1.74. The third kappa shape index (κ3) is 1.57. The van der Waals surface area contributed by atoms with Crippen molar-refractivity contribution in [3.8, 4) is 0 Å². The van der Waals surface area contributed by atoms with Gasteiger partial charge in [0, 0.05) is 20.3 Å². The maximum absolute atomic E-state index is 5.51. The zero-order valence-electron chi connectivity index (χ0n) is 5.58. The lowest BCUT2D eigenvalue weighted by molar-refractivity contribution is 1.07. The van der Waals surface area contributed by atoms with Crippen LogP contribution in [0.15, 0.2) is 12.3 Å². The molecule has 1 radical (unpaired) electrons. The van der Waals surface area contributed by atoms with E-state index in [1.165, 1.54) is 0 Å². The average molecular weight is 157 g/mol. The number of hydrogen-bond acceptors (Lipinski definition) is 3. The van der Waals surface area contributed by atoms with E-state index in [2.05, 4.69) is 17.0 Å².